The number of anilines is 1. The van der Waals surface area contributed by atoms with Gasteiger partial charge in [0.15, 0.2) is 0 Å². The Bertz CT molecular complexity index is 947. The molecule has 3 aromatic carbocycles. The largest absolute Gasteiger partial charge is 0.505 e. The summed E-state index contributed by atoms with van der Waals surface area (Å²) in [5, 5.41) is 19.3. The van der Waals surface area contributed by atoms with Gasteiger partial charge in [-0.2, -0.15) is 0 Å². The van der Waals surface area contributed by atoms with Crippen molar-refractivity contribution in [2.75, 3.05) is 5.73 Å². The van der Waals surface area contributed by atoms with Gasteiger partial charge < -0.3 is 10.8 Å². The van der Waals surface area contributed by atoms with Crippen LogP contribution in [0.3, 0.4) is 0 Å². The number of nitrogens with zero attached hydrogens (tertiary/aromatic N) is 2. The molecule has 0 atom stereocenters. The molecule has 0 spiro atoms. The number of aromatic hydroxyl groups is 1. The van der Waals surface area contributed by atoms with Crippen molar-refractivity contribution >= 4 is 17.1 Å². The minimum Gasteiger partial charge on any atom is -0.505 e. The van der Waals surface area contributed by atoms with Crippen LogP contribution in [0.15, 0.2) is 77.0 Å². The van der Waals surface area contributed by atoms with Crippen molar-refractivity contribution in [3.8, 4) is 5.75 Å². The monoisotopic (exact) mass is 345 g/mol. The van der Waals surface area contributed by atoms with Gasteiger partial charge in [-0.05, 0) is 36.2 Å². The maximum atomic E-state index is 10.9. The quantitative estimate of drug-likeness (QED) is 0.448. The smallest absolute Gasteiger partial charge is 0.147 e. The van der Waals surface area contributed by atoms with E-state index in [0.717, 1.165) is 16.7 Å². The van der Waals surface area contributed by atoms with E-state index in [-0.39, 0.29) is 11.2 Å². The molecule has 0 aromatic heterocycles. The summed E-state index contributed by atoms with van der Waals surface area (Å²) in [7, 11) is 0. The number of hydrogen-bond acceptors (Lipinski definition) is 4. The van der Waals surface area contributed by atoms with Gasteiger partial charge in [0.1, 0.15) is 17.1 Å². The second kappa shape index (κ2) is 7.00. The molecule has 0 radical (unpaired) electrons. The molecule has 0 aliphatic rings. The first-order chi connectivity index (χ1) is 12.4. The highest BCUT2D eigenvalue weighted by molar-refractivity contribution is 5.64. The summed E-state index contributed by atoms with van der Waals surface area (Å²) in [6, 6.07) is 21.2. The summed E-state index contributed by atoms with van der Waals surface area (Å²) in [6.07, 6.45) is 0. The van der Waals surface area contributed by atoms with Crippen LogP contribution in [-0.2, 0) is 5.41 Å². The SMILES string of the molecule is Cc1cc(N=Nc2ccccc2N)c(O)c(C(C)(C)c2ccccc2)c1. The van der Waals surface area contributed by atoms with Crippen LogP contribution in [0.5, 0.6) is 5.75 Å². The van der Waals surface area contributed by atoms with Gasteiger partial charge in [0.25, 0.3) is 0 Å². The van der Waals surface area contributed by atoms with E-state index in [9.17, 15) is 5.11 Å². The van der Waals surface area contributed by atoms with Crippen LogP contribution in [-0.4, -0.2) is 5.11 Å². The fourth-order valence-electron chi connectivity index (χ4n) is 3.01. The molecule has 0 fully saturated rings. The van der Waals surface area contributed by atoms with Crippen LogP contribution in [0.1, 0.15) is 30.5 Å². The van der Waals surface area contributed by atoms with Gasteiger partial charge in [-0.3, -0.25) is 0 Å². The average molecular weight is 345 g/mol. The molecule has 0 aliphatic heterocycles. The van der Waals surface area contributed by atoms with Crippen molar-refractivity contribution in [1.82, 2.24) is 0 Å². The van der Waals surface area contributed by atoms with E-state index in [4.69, 9.17) is 5.73 Å². The molecule has 3 rings (SSSR count). The highest BCUT2D eigenvalue weighted by Gasteiger charge is 2.27. The number of para-hydroxylation sites is 1. The van der Waals surface area contributed by atoms with Crippen molar-refractivity contribution in [2.24, 2.45) is 10.2 Å². The molecule has 132 valence electrons. The Balaban J connectivity index is 2.06. The van der Waals surface area contributed by atoms with E-state index in [1.54, 1.807) is 12.1 Å². The number of benzene rings is 3. The Hall–Kier alpha value is -3.14. The minimum atomic E-state index is -0.368. The highest BCUT2D eigenvalue weighted by atomic mass is 16.3. The molecule has 26 heavy (non-hydrogen) atoms. The molecule has 0 amide bonds. The fraction of sp³-hybridized carbons (Fsp3) is 0.182. The van der Waals surface area contributed by atoms with Crippen molar-refractivity contribution < 1.29 is 5.11 Å². The first-order valence-electron chi connectivity index (χ1n) is 8.55. The second-order valence-electron chi connectivity index (χ2n) is 6.93. The molecule has 0 saturated carbocycles. The third-order valence-electron chi connectivity index (χ3n) is 4.61. The molecule has 4 heteroatoms. The lowest BCUT2D eigenvalue weighted by atomic mass is 9.77. The van der Waals surface area contributed by atoms with Gasteiger partial charge in [-0.15, -0.1) is 10.2 Å². The molecule has 0 unspecified atom stereocenters. The maximum Gasteiger partial charge on any atom is 0.147 e. The minimum absolute atomic E-state index is 0.141. The molecule has 0 bridgehead atoms. The summed E-state index contributed by atoms with van der Waals surface area (Å²) in [5.74, 6) is 0.141. The molecule has 3 N–H and O–H groups in total. The normalized spacial score (nSPS) is 11.8. The van der Waals surface area contributed by atoms with Crippen LogP contribution >= 0.6 is 0 Å². The number of azo groups is 1. The zero-order valence-corrected chi connectivity index (χ0v) is 15.3. The standard InChI is InChI=1S/C22H23N3O/c1-15-13-17(22(2,3)16-9-5-4-6-10-16)21(26)20(14-15)25-24-19-12-8-7-11-18(19)23/h4-14,26H,23H2,1-3H3. The molecule has 0 heterocycles. The zero-order chi connectivity index (χ0) is 18.7. The van der Waals surface area contributed by atoms with Gasteiger partial charge in [0, 0.05) is 11.0 Å². The Morgan fingerprint density at radius 1 is 0.846 bits per heavy atom. The highest BCUT2D eigenvalue weighted by Crippen LogP contribution is 2.42. The van der Waals surface area contributed by atoms with Crippen molar-refractivity contribution in [2.45, 2.75) is 26.2 Å². The van der Waals surface area contributed by atoms with Gasteiger partial charge >= 0.3 is 0 Å². The van der Waals surface area contributed by atoms with Crippen molar-refractivity contribution in [3.63, 3.8) is 0 Å². The van der Waals surface area contributed by atoms with E-state index < -0.39 is 0 Å². The lowest BCUT2D eigenvalue weighted by Gasteiger charge is -2.27. The van der Waals surface area contributed by atoms with E-state index in [0.29, 0.717) is 17.1 Å². The summed E-state index contributed by atoms with van der Waals surface area (Å²) in [5.41, 5.74) is 10.1. The summed E-state index contributed by atoms with van der Waals surface area (Å²) in [4.78, 5) is 0. The molecule has 3 aromatic rings. The number of nitrogens with two attached hydrogens (primary N) is 1. The van der Waals surface area contributed by atoms with Gasteiger partial charge in [0.2, 0.25) is 0 Å². The van der Waals surface area contributed by atoms with Crippen LogP contribution in [0, 0.1) is 6.92 Å². The van der Waals surface area contributed by atoms with Crippen molar-refractivity contribution in [3.05, 3.63) is 83.4 Å². The lowest BCUT2D eigenvalue weighted by molar-refractivity contribution is 0.454. The van der Waals surface area contributed by atoms with E-state index in [1.165, 1.54) is 0 Å². The molecular weight excluding hydrogens is 322 g/mol. The Morgan fingerprint density at radius 2 is 1.46 bits per heavy atom. The molecular formula is C22H23N3O. The third-order valence-corrected chi connectivity index (χ3v) is 4.61. The number of aryl methyl sites for hydroxylation is 1. The van der Waals surface area contributed by atoms with Crippen LogP contribution in [0.25, 0.3) is 0 Å². The number of rotatable bonds is 4. The first kappa shape index (κ1) is 17.7. The Kier molecular flexibility index (Phi) is 4.76. The van der Waals surface area contributed by atoms with Crippen molar-refractivity contribution in [1.29, 1.82) is 0 Å². The topological polar surface area (TPSA) is 71.0 Å². The molecule has 0 aliphatic carbocycles. The number of hydrogen-bond donors (Lipinski definition) is 2. The summed E-state index contributed by atoms with van der Waals surface area (Å²) < 4.78 is 0. The fourth-order valence-corrected chi connectivity index (χ4v) is 3.01. The number of phenolic OH excluding ortho intramolecular Hbond substituents is 1. The third kappa shape index (κ3) is 3.45. The van der Waals surface area contributed by atoms with Crippen LogP contribution in [0.4, 0.5) is 17.1 Å². The van der Waals surface area contributed by atoms with E-state index >= 15 is 0 Å². The van der Waals surface area contributed by atoms with E-state index in [1.807, 2.05) is 49.4 Å². The Morgan fingerprint density at radius 3 is 2.15 bits per heavy atom. The van der Waals surface area contributed by atoms with Crippen LogP contribution in [0.2, 0.25) is 0 Å². The van der Waals surface area contributed by atoms with Gasteiger partial charge in [0.05, 0.1) is 5.69 Å². The predicted molar refractivity (Wildman–Crippen MR) is 106 cm³/mol. The summed E-state index contributed by atoms with van der Waals surface area (Å²) >= 11 is 0. The summed E-state index contributed by atoms with van der Waals surface area (Å²) in [6.45, 7) is 6.17. The maximum absolute atomic E-state index is 10.9. The lowest BCUT2D eigenvalue weighted by Crippen LogP contribution is -2.19. The molecule has 4 nitrogen and oxygen atoms in total. The average Bonchev–Trinajstić information content (AvgIpc) is 2.64. The first-order valence-corrected chi connectivity index (χ1v) is 8.55. The number of nitrogen functional groups attached to an aromatic ring is 1. The second-order valence-corrected chi connectivity index (χ2v) is 6.93. The predicted octanol–water partition coefficient (Wildman–Crippen LogP) is 6.02. The van der Waals surface area contributed by atoms with Crippen LogP contribution < -0.4 is 5.73 Å². The molecule has 0 saturated heterocycles. The number of phenols is 1. The van der Waals surface area contributed by atoms with E-state index in [2.05, 4.69) is 36.2 Å². The Labute approximate surface area is 154 Å². The zero-order valence-electron chi connectivity index (χ0n) is 15.3. The van der Waals surface area contributed by atoms with Gasteiger partial charge in [-0.25, -0.2) is 0 Å². The van der Waals surface area contributed by atoms with Gasteiger partial charge in [-0.1, -0.05) is 62.4 Å².